The van der Waals surface area contributed by atoms with Crippen molar-refractivity contribution in [2.24, 2.45) is 5.92 Å². The summed E-state index contributed by atoms with van der Waals surface area (Å²) in [6.45, 7) is 5.64. The fourth-order valence-electron chi connectivity index (χ4n) is 1.57. The minimum atomic E-state index is -4.72. The summed E-state index contributed by atoms with van der Waals surface area (Å²) in [5.41, 5.74) is 0.340. The highest BCUT2D eigenvalue weighted by molar-refractivity contribution is 5.42. The topological polar surface area (TPSA) is 31.4 Å². The molecule has 1 heterocycles. The van der Waals surface area contributed by atoms with E-state index in [1.54, 1.807) is 0 Å². The van der Waals surface area contributed by atoms with Crippen molar-refractivity contribution < 1.29 is 22.6 Å². The lowest BCUT2D eigenvalue weighted by molar-refractivity contribution is -0.275. The molecule has 3 nitrogen and oxygen atoms in total. The van der Waals surface area contributed by atoms with Crippen LogP contribution >= 0.6 is 0 Å². The second-order valence-corrected chi connectivity index (χ2v) is 4.31. The molecule has 0 saturated carbocycles. The van der Waals surface area contributed by atoms with Gasteiger partial charge in [0.05, 0.1) is 12.7 Å². The monoisotopic (exact) mass is 263 g/mol. The van der Waals surface area contributed by atoms with Gasteiger partial charge in [0.2, 0.25) is 5.88 Å². The van der Waals surface area contributed by atoms with Crippen molar-refractivity contribution in [1.82, 2.24) is 4.98 Å². The van der Waals surface area contributed by atoms with E-state index in [2.05, 4.69) is 9.72 Å². The first-order valence-electron chi connectivity index (χ1n) is 5.55. The number of hydrogen-bond donors (Lipinski definition) is 0. The minimum Gasteiger partial charge on any atom is -0.481 e. The van der Waals surface area contributed by atoms with Crippen LogP contribution in [0.2, 0.25) is 0 Å². The minimum absolute atomic E-state index is 0.138. The third-order valence-corrected chi connectivity index (χ3v) is 2.79. The molecule has 6 heteroatoms. The molecular weight excluding hydrogens is 247 g/mol. The summed E-state index contributed by atoms with van der Waals surface area (Å²) in [5.74, 6) is -0.113. The van der Waals surface area contributed by atoms with Crippen LogP contribution in [0.3, 0.4) is 0 Å². The predicted molar refractivity (Wildman–Crippen MR) is 60.7 cm³/mol. The van der Waals surface area contributed by atoms with Crippen molar-refractivity contribution >= 4 is 0 Å². The van der Waals surface area contributed by atoms with Crippen molar-refractivity contribution in [3.05, 3.63) is 17.8 Å². The smallest absolute Gasteiger partial charge is 0.481 e. The fourth-order valence-corrected chi connectivity index (χ4v) is 1.57. The average molecular weight is 263 g/mol. The highest BCUT2D eigenvalue weighted by Gasteiger charge is 2.34. The molecule has 1 aromatic heterocycles. The molecule has 0 aromatic carbocycles. The number of pyridine rings is 1. The first-order valence-corrected chi connectivity index (χ1v) is 5.55. The Morgan fingerprint density at radius 2 is 1.83 bits per heavy atom. The average Bonchev–Trinajstić information content (AvgIpc) is 2.25. The van der Waals surface area contributed by atoms with Crippen LogP contribution in [-0.4, -0.2) is 18.5 Å². The lowest BCUT2D eigenvalue weighted by Crippen LogP contribution is -2.19. The van der Waals surface area contributed by atoms with Crippen LogP contribution in [0, 0.1) is 5.92 Å². The van der Waals surface area contributed by atoms with Crippen molar-refractivity contribution in [1.29, 1.82) is 0 Å². The Hall–Kier alpha value is -1.46. The Kier molecular flexibility index (Phi) is 4.43. The van der Waals surface area contributed by atoms with Gasteiger partial charge in [-0.05, 0) is 17.9 Å². The van der Waals surface area contributed by atoms with E-state index in [0.29, 0.717) is 5.56 Å². The van der Waals surface area contributed by atoms with E-state index < -0.39 is 6.36 Å². The molecule has 0 radical (unpaired) electrons. The van der Waals surface area contributed by atoms with Crippen LogP contribution in [-0.2, 0) is 0 Å². The number of aromatic nitrogens is 1. The zero-order chi connectivity index (χ0) is 13.9. The lowest BCUT2D eigenvalue weighted by atomic mass is 9.90. The zero-order valence-corrected chi connectivity index (χ0v) is 10.7. The lowest BCUT2D eigenvalue weighted by Gasteiger charge is -2.22. The summed E-state index contributed by atoms with van der Waals surface area (Å²) >= 11 is 0. The molecule has 0 aliphatic carbocycles. The summed E-state index contributed by atoms with van der Waals surface area (Å²) in [4.78, 5) is 3.92. The Labute approximate surface area is 104 Å². The van der Waals surface area contributed by atoms with E-state index in [1.165, 1.54) is 19.4 Å². The number of hydrogen-bond acceptors (Lipinski definition) is 3. The van der Waals surface area contributed by atoms with Crippen LogP contribution in [0.15, 0.2) is 12.3 Å². The summed E-state index contributed by atoms with van der Waals surface area (Å²) in [5, 5.41) is 0. The third-order valence-electron chi connectivity index (χ3n) is 2.79. The van der Waals surface area contributed by atoms with Crippen molar-refractivity contribution in [2.75, 3.05) is 7.11 Å². The molecule has 1 aromatic rings. The molecule has 18 heavy (non-hydrogen) atoms. The summed E-state index contributed by atoms with van der Waals surface area (Å²) in [6, 6.07) is 1.20. The number of ether oxygens (including phenoxy) is 2. The van der Waals surface area contributed by atoms with Crippen LogP contribution in [0.25, 0.3) is 0 Å². The van der Waals surface area contributed by atoms with E-state index in [4.69, 9.17) is 4.74 Å². The number of nitrogens with zero attached hydrogens (tertiary/aromatic N) is 1. The van der Waals surface area contributed by atoms with E-state index in [9.17, 15) is 13.2 Å². The number of alkyl halides is 3. The van der Waals surface area contributed by atoms with Gasteiger partial charge >= 0.3 is 6.36 Å². The molecule has 0 spiro atoms. The largest absolute Gasteiger partial charge is 0.573 e. The highest BCUT2D eigenvalue weighted by Crippen LogP contribution is 2.39. The van der Waals surface area contributed by atoms with E-state index in [-0.39, 0.29) is 23.5 Å². The van der Waals surface area contributed by atoms with Crippen LogP contribution in [0.5, 0.6) is 11.6 Å². The first-order chi connectivity index (χ1) is 8.26. The Morgan fingerprint density at radius 1 is 1.22 bits per heavy atom. The first kappa shape index (κ1) is 14.6. The van der Waals surface area contributed by atoms with Gasteiger partial charge < -0.3 is 9.47 Å². The van der Waals surface area contributed by atoms with Gasteiger partial charge in [-0.3, -0.25) is 0 Å². The molecule has 0 amide bonds. The Balaban J connectivity index is 3.24. The van der Waals surface area contributed by atoms with E-state index >= 15 is 0 Å². The third kappa shape index (κ3) is 3.51. The second-order valence-electron chi connectivity index (χ2n) is 4.31. The number of methoxy groups -OCH3 is 1. The van der Waals surface area contributed by atoms with Crippen molar-refractivity contribution in [3.63, 3.8) is 0 Å². The van der Waals surface area contributed by atoms with E-state index in [1.807, 2.05) is 20.8 Å². The van der Waals surface area contributed by atoms with E-state index in [0.717, 1.165) is 0 Å². The molecule has 102 valence electrons. The molecular formula is C12H16F3NO2. The van der Waals surface area contributed by atoms with Gasteiger partial charge in [0.1, 0.15) is 5.75 Å². The van der Waals surface area contributed by atoms with Gasteiger partial charge in [-0.25, -0.2) is 4.98 Å². The molecule has 0 saturated heterocycles. The van der Waals surface area contributed by atoms with Gasteiger partial charge in [-0.2, -0.15) is 0 Å². The summed E-state index contributed by atoms with van der Waals surface area (Å²) in [6.07, 6.45) is -3.49. The van der Waals surface area contributed by atoms with Crippen LogP contribution in [0.1, 0.15) is 32.3 Å². The SMILES string of the molecule is COc1nccc(OC(F)(F)F)c1C(C)C(C)C. The predicted octanol–water partition coefficient (Wildman–Crippen LogP) is 3.75. The molecule has 0 N–H and O–H groups in total. The van der Waals surface area contributed by atoms with Gasteiger partial charge in [0.25, 0.3) is 0 Å². The van der Waals surface area contributed by atoms with Gasteiger partial charge in [-0.15, -0.1) is 13.2 Å². The normalized spacial score (nSPS) is 13.6. The van der Waals surface area contributed by atoms with Crippen molar-refractivity contribution in [3.8, 4) is 11.6 Å². The molecule has 0 aliphatic rings. The molecule has 0 aliphatic heterocycles. The van der Waals surface area contributed by atoms with Crippen LogP contribution < -0.4 is 9.47 Å². The van der Waals surface area contributed by atoms with Gasteiger partial charge in [-0.1, -0.05) is 20.8 Å². The van der Waals surface area contributed by atoms with Crippen molar-refractivity contribution in [2.45, 2.75) is 33.1 Å². The highest BCUT2D eigenvalue weighted by atomic mass is 19.4. The summed E-state index contributed by atoms with van der Waals surface area (Å²) < 4.78 is 46.1. The standard InChI is InChI=1S/C12H16F3NO2/c1-7(2)8(3)10-9(18-12(13,14)15)5-6-16-11(10)17-4/h5-8H,1-4H3. The number of halogens is 3. The Bertz CT molecular complexity index is 405. The van der Waals surface area contributed by atoms with Crippen LogP contribution in [0.4, 0.5) is 13.2 Å². The Morgan fingerprint density at radius 3 is 2.28 bits per heavy atom. The molecule has 0 fully saturated rings. The maximum atomic E-state index is 12.3. The molecule has 0 bridgehead atoms. The van der Waals surface area contributed by atoms with Gasteiger partial charge in [0.15, 0.2) is 0 Å². The van der Waals surface area contributed by atoms with Gasteiger partial charge in [0, 0.05) is 6.20 Å². The molecule has 1 atom stereocenters. The summed E-state index contributed by atoms with van der Waals surface area (Å²) in [7, 11) is 1.37. The quantitative estimate of drug-likeness (QED) is 0.829. The molecule has 1 rings (SSSR count). The fraction of sp³-hybridized carbons (Fsp3) is 0.583. The number of rotatable bonds is 4. The molecule has 1 unspecified atom stereocenters. The maximum absolute atomic E-state index is 12.3. The second kappa shape index (κ2) is 5.46. The maximum Gasteiger partial charge on any atom is 0.573 e. The zero-order valence-electron chi connectivity index (χ0n) is 10.7.